The minimum absolute atomic E-state index is 0.0178. The van der Waals surface area contributed by atoms with E-state index in [-0.39, 0.29) is 12.1 Å². The van der Waals surface area contributed by atoms with Crippen LogP contribution >= 0.6 is 11.6 Å². The van der Waals surface area contributed by atoms with Gasteiger partial charge in [0.25, 0.3) is 0 Å². The van der Waals surface area contributed by atoms with Crippen LogP contribution in [0.4, 0.5) is 10.5 Å². The predicted molar refractivity (Wildman–Crippen MR) is 74.3 cm³/mol. The number of nitrogens with zero attached hydrogens (tertiary/aromatic N) is 2. The third-order valence-electron chi connectivity index (χ3n) is 3.34. The van der Waals surface area contributed by atoms with E-state index in [0.29, 0.717) is 11.6 Å². The molecule has 1 atom stereocenters. The number of rotatable bonds is 4. The Hall–Kier alpha value is -1.26. The molecule has 1 unspecified atom stereocenters. The maximum Gasteiger partial charge on any atom is 0.324 e. The molecule has 0 spiro atoms. The fraction of sp³-hybridized carbons (Fsp3) is 0.462. The van der Waals surface area contributed by atoms with Crippen molar-refractivity contribution < 1.29 is 4.79 Å². The summed E-state index contributed by atoms with van der Waals surface area (Å²) in [5.41, 5.74) is 0.794. The van der Waals surface area contributed by atoms with Gasteiger partial charge in [-0.2, -0.15) is 0 Å². The normalized spacial score (nSPS) is 19.7. The number of carbonyl (C=O) groups excluding carboxylic acids is 1. The predicted octanol–water partition coefficient (Wildman–Crippen LogP) is 2.19. The molecule has 1 N–H and O–H groups in total. The van der Waals surface area contributed by atoms with Crippen LogP contribution in [0, 0.1) is 0 Å². The van der Waals surface area contributed by atoms with Crippen molar-refractivity contribution in [2.24, 2.45) is 0 Å². The van der Waals surface area contributed by atoms with Crippen LogP contribution in [-0.2, 0) is 0 Å². The molecule has 2 rings (SSSR count). The van der Waals surface area contributed by atoms with Crippen molar-refractivity contribution in [1.29, 1.82) is 0 Å². The van der Waals surface area contributed by atoms with E-state index in [4.69, 9.17) is 11.6 Å². The molecule has 2 amide bonds. The van der Waals surface area contributed by atoms with E-state index in [1.54, 1.807) is 9.80 Å². The Morgan fingerprint density at radius 2 is 2.17 bits per heavy atom. The van der Waals surface area contributed by atoms with Gasteiger partial charge in [-0.25, -0.2) is 4.79 Å². The van der Waals surface area contributed by atoms with E-state index >= 15 is 0 Å². The molecule has 1 saturated heterocycles. The summed E-state index contributed by atoms with van der Waals surface area (Å²) < 4.78 is 0. The molecule has 1 aliphatic heterocycles. The molecule has 5 heteroatoms. The molecule has 98 valence electrons. The van der Waals surface area contributed by atoms with Crippen LogP contribution in [0.3, 0.4) is 0 Å². The zero-order chi connectivity index (χ0) is 13.1. The number of halogens is 1. The minimum Gasteiger partial charge on any atom is -0.323 e. The van der Waals surface area contributed by atoms with Crippen molar-refractivity contribution in [3.8, 4) is 0 Å². The van der Waals surface area contributed by atoms with E-state index in [9.17, 15) is 4.79 Å². The highest BCUT2D eigenvalue weighted by Gasteiger charge is 2.35. The van der Waals surface area contributed by atoms with Crippen molar-refractivity contribution in [2.45, 2.75) is 12.5 Å². The van der Waals surface area contributed by atoms with Crippen molar-refractivity contribution in [1.82, 2.24) is 10.2 Å². The van der Waals surface area contributed by atoms with Crippen LogP contribution in [-0.4, -0.2) is 44.2 Å². The van der Waals surface area contributed by atoms with Crippen LogP contribution in [0.5, 0.6) is 0 Å². The summed E-state index contributed by atoms with van der Waals surface area (Å²) in [6.45, 7) is 1.60. The van der Waals surface area contributed by atoms with Gasteiger partial charge in [-0.3, -0.25) is 4.90 Å². The first-order valence-corrected chi connectivity index (χ1v) is 6.46. The lowest BCUT2D eigenvalue weighted by atomic mass is 10.2. The molecule has 0 aliphatic carbocycles. The van der Waals surface area contributed by atoms with E-state index in [1.165, 1.54) is 0 Å². The van der Waals surface area contributed by atoms with Gasteiger partial charge in [-0.05, 0) is 32.1 Å². The Kier molecular flexibility index (Phi) is 4.09. The summed E-state index contributed by atoms with van der Waals surface area (Å²) in [6, 6.07) is 7.72. The van der Waals surface area contributed by atoms with Crippen molar-refractivity contribution >= 4 is 23.3 Å². The molecule has 18 heavy (non-hydrogen) atoms. The van der Waals surface area contributed by atoms with E-state index in [2.05, 4.69) is 5.32 Å². The van der Waals surface area contributed by atoms with Crippen molar-refractivity contribution in [3.05, 3.63) is 29.3 Å². The number of likely N-dealkylation sites (N-methyl/N-ethyl adjacent to an activating group) is 1. The average molecular weight is 268 g/mol. The highest BCUT2D eigenvalue weighted by Crippen LogP contribution is 2.30. The number of amides is 2. The van der Waals surface area contributed by atoms with Crippen molar-refractivity contribution in [2.75, 3.05) is 32.1 Å². The SMILES string of the molecule is CNCCC1CN(c2ccccc2Cl)C(=O)N1C. The molecule has 4 nitrogen and oxygen atoms in total. The number of hydrogen-bond donors (Lipinski definition) is 1. The van der Waals surface area contributed by atoms with Gasteiger partial charge in [0.15, 0.2) is 0 Å². The number of hydrogen-bond acceptors (Lipinski definition) is 2. The molecule has 1 heterocycles. The Morgan fingerprint density at radius 1 is 1.44 bits per heavy atom. The summed E-state index contributed by atoms with van der Waals surface area (Å²) in [5, 5.41) is 3.73. The largest absolute Gasteiger partial charge is 0.324 e. The third kappa shape index (κ3) is 2.44. The number of nitrogens with one attached hydrogen (secondary N) is 1. The van der Waals surface area contributed by atoms with Gasteiger partial charge >= 0.3 is 6.03 Å². The minimum atomic E-state index is 0.0178. The topological polar surface area (TPSA) is 35.6 Å². The van der Waals surface area contributed by atoms with Gasteiger partial charge < -0.3 is 10.2 Å². The Balaban J connectivity index is 2.16. The van der Waals surface area contributed by atoms with Gasteiger partial charge in [0.1, 0.15) is 0 Å². The maximum atomic E-state index is 12.2. The highest BCUT2D eigenvalue weighted by atomic mass is 35.5. The number of urea groups is 1. The van der Waals surface area contributed by atoms with E-state index in [0.717, 1.165) is 18.7 Å². The average Bonchev–Trinajstić information content (AvgIpc) is 2.65. The Bertz CT molecular complexity index is 438. The molecule has 1 aromatic rings. The lowest BCUT2D eigenvalue weighted by Crippen LogP contribution is -2.32. The van der Waals surface area contributed by atoms with Crippen LogP contribution < -0.4 is 10.2 Å². The fourth-order valence-electron chi connectivity index (χ4n) is 2.23. The first-order valence-electron chi connectivity index (χ1n) is 6.08. The number of benzene rings is 1. The van der Waals surface area contributed by atoms with Crippen LogP contribution in [0.15, 0.2) is 24.3 Å². The summed E-state index contributed by atoms with van der Waals surface area (Å²) in [4.78, 5) is 15.7. The van der Waals surface area contributed by atoms with E-state index in [1.807, 2.05) is 38.4 Å². The molecule has 1 aromatic carbocycles. The van der Waals surface area contributed by atoms with Gasteiger partial charge in [0.2, 0.25) is 0 Å². The van der Waals surface area contributed by atoms with Crippen LogP contribution in [0.2, 0.25) is 5.02 Å². The molecular formula is C13H18ClN3O. The highest BCUT2D eigenvalue weighted by molar-refractivity contribution is 6.33. The second-order valence-corrected chi connectivity index (χ2v) is 4.91. The lowest BCUT2D eigenvalue weighted by Gasteiger charge is -2.17. The quantitative estimate of drug-likeness (QED) is 0.908. The molecule has 1 aliphatic rings. The van der Waals surface area contributed by atoms with Gasteiger partial charge in [0, 0.05) is 13.6 Å². The van der Waals surface area contributed by atoms with Crippen LogP contribution in [0.25, 0.3) is 0 Å². The maximum absolute atomic E-state index is 12.2. The summed E-state index contributed by atoms with van der Waals surface area (Å²) in [7, 11) is 3.77. The monoisotopic (exact) mass is 267 g/mol. The molecular weight excluding hydrogens is 250 g/mol. The molecule has 0 saturated carbocycles. The molecule has 0 aromatic heterocycles. The summed E-state index contributed by atoms with van der Waals surface area (Å²) in [6.07, 6.45) is 0.944. The fourth-order valence-corrected chi connectivity index (χ4v) is 2.46. The first kappa shape index (κ1) is 13.2. The number of anilines is 1. The zero-order valence-electron chi connectivity index (χ0n) is 10.7. The zero-order valence-corrected chi connectivity index (χ0v) is 11.4. The summed E-state index contributed by atoms with van der Waals surface area (Å²) in [5.74, 6) is 0. The third-order valence-corrected chi connectivity index (χ3v) is 3.66. The van der Waals surface area contributed by atoms with Gasteiger partial charge in [-0.15, -0.1) is 0 Å². The van der Waals surface area contributed by atoms with Gasteiger partial charge in [-0.1, -0.05) is 23.7 Å². The van der Waals surface area contributed by atoms with Crippen LogP contribution in [0.1, 0.15) is 6.42 Å². The second kappa shape index (κ2) is 5.59. The molecule has 1 fully saturated rings. The Morgan fingerprint density at radius 3 is 2.83 bits per heavy atom. The van der Waals surface area contributed by atoms with E-state index < -0.39 is 0 Å². The summed E-state index contributed by atoms with van der Waals surface area (Å²) >= 11 is 6.14. The molecule has 0 bridgehead atoms. The Labute approximate surface area is 113 Å². The smallest absolute Gasteiger partial charge is 0.323 e. The first-order chi connectivity index (χ1) is 8.65. The standard InChI is InChI=1S/C13H18ClN3O/c1-15-8-7-10-9-17(13(18)16(10)2)12-6-4-3-5-11(12)14/h3-6,10,15H,7-9H2,1-2H3. The number of para-hydroxylation sites is 1. The lowest BCUT2D eigenvalue weighted by molar-refractivity contribution is 0.217. The molecule has 0 radical (unpaired) electrons. The second-order valence-electron chi connectivity index (χ2n) is 4.50. The van der Waals surface area contributed by atoms with Crippen molar-refractivity contribution in [3.63, 3.8) is 0 Å². The number of carbonyl (C=O) groups is 1. The van der Waals surface area contributed by atoms with Gasteiger partial charge in [0.05, 0.1) is 16.8 Å².